The number of piperidine rings is 1. The third-order valence-corrected chi connectivity index (χ3v) is 7.16. The van der Waals surface area contributed by atoms with Gasteiger partial charge in [0.2, 0.25) is 0 Å². The lowest BCUT2D eigenvalue weighted by atomic mass is 9.75. The predicted octanol–water partition coefficient (Wildman–Crippen LogP) is 3.45. The number of nitrogens with one attached hydrogen (secondary N) is 2. The zero-order chi connectivity index (χ0) is 18.3. The number of nitrogens with zero attached hydrogens (tertiary/aromatic N) is 4. The average molecular weight is 401 g/mol. The van der Waals surface area contributed by atoms with E-state index in [4.69, 9.17) is 11.6 Å². The van der Waals surface area contributed by atoms with Gasteiger partial charge in [0.05, 0.1) is 16.8 Å². The van der Waals surface area contributed by atoms with Crippen molar-refractivity contribution in [3.8, 4) is 16.3 Å². The van der Waals surface area contributed by atoms with Gasteiger partial charge in [-0.1, -0.05) is 35.1 Å². The molecule has 1 aromatic carbocycles. The highest BCUT2D eigenvalue weighted by Crippen LogP contribution is 2.47. The van der Waals surface area contributed by atoms with Crippen LogP contribution in [-0.4, -0.2) is 39.6 Å². The molecule has 1 spiro atoms. The van der Waals surface area contributed by atoms with Gasteiger partial charge in [0.1, 0.15) is 10.0 Å². The molecule has 2 unspecified atom stereocenters. The van der Waals surface area contributed by atoms with Gasteiger partial charge in [-0.2, -0.15) is 5.10 Å². The van der Waals surface area contributed by atoms with Gasteiger partial charge in [-0.25, -0.2) is 4.68 Å². The minimum absolute atomic E-state index is 0.260. The molecule has 5 rings (SSSR count). The van der Waals surface area contributed by atoms with E-state index in [0.29, 0.717) is 5.02 Å². The minimum Gasteiger partial charge on any atom is -0.316 e. The van der Waals surface area contributed by atoms with Gasteiger partial charge in [0.15, 0.2) is 0 Å². The second kappa shape index (κ2) is 6.98. The van der Waals surface area contributed by atoms with E-state index < -0.39 is 0 Å². The quantitative estimate of drug-likeness (QED) is 0.704. The van der Waals surface area contributed by atoms with Crippen molar-refractivity contribution in [3.05, 3.63) is 46.7 Å². The molecule has 4 heterocycles. The molecule has 2 fully saturated rings. The molecular weight excluding hydrogens is 380 g/mol. The molecule has 140 valence electrons. The summed E-state index contributed by atoms with van der Waals surface area (Å²) in [5.41, 5.74) is 2.01. The first-order valence-corrected chi connectivity index (χ1v) is 10.5. The summed E-state index contributed by atoms with van der Waals surface area (Å²) in [5.74, 6) is 0. The Bertz CT molecular complexity index is 932. The molecule has 2 aliphatic rings. The van der Waals surface area contributed by atoms with Crippen molar-refractivity contribution in [1.29, 1.82) is 0 Å². The van der Waals surface area contributed by atoms with Crippen LogP contribution in [0, 0.1) is 5.41 Å². The maximum absolute atomic E-state index is 6.70. The molecule has 8 heteroatoms. The molecule has 0 radical (unpaired) electrons. The lowest BCUT2D eigenvalue weighted by Crippen LogP contribution is -2.43. The Balaban J connectivity index is 1.49. The van der Waals surface area contributed by atoms with E-state index in [2.05, 4.69) is 25.9 Å². The highest BCUT2D eigenvalue weighted by atomic mass is 35.5. The second-order valence-electron chi connectivity index (χ2n) is 7.31. The summed E-state index contributed by atoms with van der Waals surface area (Å²) in [6.45, 7) is 3.21. The predicted molar refractivity (Wildman–Crippen MR) is 107 cm³/mol. The van der Waals surface area contributed by atoms with Gasteiger partial charge in [-0.15, -0.1) is 10.2 Å². The summed E-state index contributed by atoms with van der Waals surface area (Å²) in [6, 6.07) is 8.10. The fourth-order valence-corrected chi connectivity index (χ4v) is 5.81. The van der Waals surface area contributed by atoms with Crippen LogP contribution in [-0.2, 0) is 0 Å². The first-order valence-electron chi connectivity index (χ1n) is 9.33. The van der Waals surface area contributed by atoms with E-state index in [1.54, 1.807) is 22.2 Å². The molecule has 0 bridgehead atoms. The monoisotopic (exact) mass is 400 g/mol. The summed E-state index contributed by atoms with van der Waals surface area (Å²) < 4.78 is 1.77. The van der Waals surface area contributed by atoms with E-state index in [0.717, 1.165) is 40.9 Å². The van der Waals surface area contributed by atoms with Gasteiger partial charge in [-0.3, -0.25) is 0 Å². The molecule has 2 atom stereocenters. The van der Waals surface area contributed by atoms with Crippen molar-refractivity contribution < 1.29 is 0 Å². The third-order valence-electron chi connectivity index (χ3n) is 5.74. The van der Waals surface area contributed by atoms with Crippen LogP contribution in [0.3, 0.4) is 0 Å². The van der Waals surface area contributed by atoms with Crippen LogP contribution in [0.4, 0.5) is 0 Å². The van der Waals surface area contributed by atoms with E-state index in [1.807, 2.05) is 30.5 Å². The van der Waals surface area contributed by atoms with Crippen LogP contribution in [0.2, 0.25) is 5.02 Å². The number of aromatic nitrogens is 4. The molecule has 2 aliphatic heterocycles. The Morgan fingerprint density at radius 1 is 1.19 bits per heavy atom. The van der Waals surface area contributed by atoms with Crippen LogP contribution in [0.5, 0.6) is 0 Å². The standard InChI is InChI=1S/C19H21ClN6S/c20-15-13(4-1-5-14(15)26-11-3-9-23-26)17-24-25-18(27-17)16-19(7-10-22-16)6-2-8-21-12-19/h1,3-5,9,11,16,21-22H,2,6-8,10,12H2. The fraction of sp³-hybridized carbons (Fsp3) is 0.421. The largest absolute Gasteiger partial charge is 0.316 e. The highest BCUT2D eigenvalue weighted by molar-refractivity contribution is 7.14. The minimum atomic E-state index is 0.260. The summed E-state index contributed by atoms with van der Waals surface area (Å²) in [7, 11) is 0. The van der Waals surface area contributed by atoms with Crippen LogP contribution in [0.1, 0.15) is 30.3 Å². The summed E-state index contributed by atoms with van der Waals surface area (Å²) >= 11 is 8.34. The van der Waals surface area contributed by atoms with Crippen molar-refractivity contribution in [2.75, 3.05) is 19.6 Å². The first-order chi connectivity index (χ1) is 13.3. The molecule has 2 saturated heterocycles. The van der Waals surface area contributed by atoms with Crippen molar-refractivity contribution >= 4 is 22.9 Å². The molecule has 0 amide bonds. The Morgan fingerprint density at radius 3 is 2.96 bits per heavy atom. The molecule has 2 N–H and O–H groups in total. The van der Waals surface area contributed by atoms with Crippen LogP contribution in [0.15, 0.2) is 36.7 Å². The van der Waals surface area contributed by atoms with E-state index >= 15 is 0 Å². The van der Waals surface area contributed by atoms with Crippen LogP contribution < -0.4 is 10.6 Å². The highest BCUT2D eigenvalue weighted by Gasteiger charge is 2.45. The van der Waals surface area contributed by atoms with E-state index in [1.165, 1.54) is 19.3 Å². The molecule has 0 saturated carbocycles. The average Bonchev–Trinajstić information content (AvgIpc) is 3.43. The zero-order valence-corrected chi connectivity index (χ0v) is 16.4. The molecule has 6 nitrogen and oxygen atoms in total. The Labute approximate surface area is 167 Å². The Kier molecular flexibility index (Phi) is 4.47. The van der Waals surface area contributed by atoms with Crippen molar-refractivity contribution in [3.63, 3.8) is 0 Å². The lowest BCUT2D eigenvalue weighted by Gasteiger charge is -2.37. The smallest absolute Gasteiger partial charge is 0.149 e. The molecule has 3 aromatic rings. The van der Waals surface area contributed by atoms with E-state index in [-0.39, 0.29) is 11.5 Å². The van der Waals surface area contributed by atoms with Gasteiger partial charge in [-0.05, 0) is 44.5 Å². The normalized spacial score (nSPS) is 25.3. The maximum Gasteiger partial charge on any atom is 0.149 e. The number of rotatable bonds is 3. The first kappa shape index (κ1) is 17.3. The number of benzene rings is 1. The number of halogens is 1. The molecule has 27 heavy (non-hydrogen) atoms. The van der Waals surface area contributed by atoms with Crippen molar-refractivity contribution in [2.45, 2.75) is 25.3 Å². The van der Waals surface area contributed by atoms with Gasteiger partial charge in [0, 0.05) is 29.9 Å². The third kappa shape index (κ3) is 2.99. The topological polar surface area (TPSA) is 67.7 Å². The molecule has 0 aliphatic carbocycles. The Hall–Kier alpha value is -1.80. The molecule has 2 aromatic heterocycles. The van der Waals surface area contributed by atoms with Crippen LogP contribution >= 0.6 is 22.9 Å². The van der Waals surface area contributed by atoms with Gasteiger partial charge < -0.3 is 10.6 Å². The SMILES string of the molecule is Clc1c(-c2nnc(C3NCCC34CCCNC4)s2)cccc1-n1cccn1. The maximum atomic E-state index is 6.70. The van der Waals surface area contributed by atoms with Gasteiger partial charge in [0.25, 0.3) is 0 Å². The fourth-order valence-electron chi connectivity index (χ4n) is 4.36. The summed E-state index contributed by atoms with van der Waals surface area (Å²) in [4.78, 5) is 0. The molecular formula is C19H21ClN6S. The second-order valence-corrected chi connectivity index (χ2v) is 8.70. The van der Waals surface area contributed by atoms with Crippen molar-refractivity contribution in [1.82, 2.24) is 30.6 Å². The zero-order valence-electron chi connectivity index (χ0n) is 14.9. The Morgan fingerprint density at radius 2 is 2.15 bits per heavy atom. The summed E-state index contributed by atoms with van der Waals surface area (Å²) in [5, 5.41) is 23.1. The number of hydrogen-bond acceptors (Lipinski definition) is 6. The van der Waals surface area contributed by atoms with Gasteiger partial charge >= 0.3 is 0 Å². The van der Waals surface area contributed by atoms with E-state index in [9.17, 15) is 0 Å². The lowest BCUT2D eigenvalue weighted by molar-refractivity contribution is 0.182. The number of hydrogen-bond donors (Lipinski definition) is 2. The van der Waals surface area contributed by atoms with Crippen molar-refractivity contribution in [2.24, 2.45) is 5.41 Å². The summed E-state index contributed by atoms with van der Waals surface area (Å²) in [6.07, 6.45) is 7.28. The van der Waals surface area contributed by atoms with Crippen LogP contribution in [0.25, 0.3) is 16.3 Å².